The summed E-state index contributed by atoms with van der Waals surface area (Å²) in [5.41, 5.74) is 0.0590. The molecule has 4 nitrogen and oxygen atoms in total. The molecule has 0 aromatic heterocycles. The van der Waals surface area contributed by atoms with Crippen LogP contribution in [0.2, 0.25) is 0 Å². The number of nitrogens with zero attached hydrogens (tertiary/aromatic N) is 1. The Morgan fingerprint density at radius 3 is 2.61 bits per heavy atom. The van der Waals surface area contributed by atoms with Crippen molar-refractivity contribution in [1.29, 1.82) is 0 Å². The molecule has 2 rings (SSSR count). The van der Waals surface area contributed by atoms with E-state index in [9.17, 15) is 23.1 Å². The Labute approximate surface area is 133 Å². The molecule has 1 amide bonds. The molecule has 1 aromatic carbocycles. The minimum Gasteiger partial charge on any atom is -0.394 e. The van der Waals surface area contributed by atoms with E-state index >= 15 is 0 Å². The summed E-state index contributed by atoms with van der Waals surface area (Å²) in [7, 11) is 0. The Hall–Kier alpha value is -1.60. The van der Waals surface area contributed by atoms with Crippen LogP contribution in [0.1, 0.15) is 31.4 Å². The van der Waals surface area contributed by atoms with Gasteiger partial charge in [-0.2, -0.15) is 0 Å². The lowest BCUT2D eigenvalue weighted by atomic mass is 10.0. The lowest BCUT2D eigenvalue weighted by Gasteiger charge is -2.31. The summed E-state index contributed by atoms with van der Waals surface area (Å²) in [6.45, 7) is 2.93. The van der Waals surface area contributed by atoms with Gasteiger partial charge in [0.2, 0.25) is 5.91 Å². The topological polar surface area (TPSA) is 52.6 Å². The molecule has 0 radical (unpaired) electrons. The summed E-state index contributed by atoms with van der Waals surface area (Å²) >= 11 is 0. The number of amides is 1. The highest BCUT2D eigenvalue weighted by molar-refractivity contribution is 5.78. The molecule has 1 aromatic rings. The minimum absolute atomic E-state index is 0.0570. The van der Waals surface area contributed by atoms with Gasteiger partial charge in [0, 0.05) is 13.1 Å². The standard InChI is InChI=1S/C16H21F3N2O2/c1-10-3-2-4-21(8-10)15(23)7-20-14(9-22)11-5-12(17)16(19)13(18)6-11/h5-6,10,14,20,22H,2-4,7-9H2,1H3/t10-,14-/m0/s1. The van der Waals surface area contributed by atoms with Crippen LogP contribution in [0.5, 0.6) is 0 Å². The second-order valence-corrected chi connectivity index (χ2v) is 6.00. The van der Waals surface area contributed by atoms with Gasteiger partial charge in [-0.05, 0) is 36.5 Å². The number of hydrogen-bond donors (Lipinski definition) is 2. The maximum atomic E-state index is 13.3. The van der Waals surface area contributed by atoms with E-state index in [1.807, 2.05) is 0 Å². The van der Waals surface area contributed by atoms with Gasteiger partial charge in [0.1, 0.15) is 0 Å². The number of carbonyl (C=O) groups excluding carboxylic acids is 1. The number of likely N-dealkylation sites (tertiary alicyclic amines) is 1. The van der Waals surface area contributed by atoms with Crippen LogP contribution in [0.4, 0.5) is 13.2 Å². The van der Waals surface area contributed by atoms with Crippen molar-refractivity contribution in [2.45, 2.75) is 25.8 Å². The highest BCUT2D eigenvalue weighted by atomic mass is 19.2. The van der Waals surface area contributed by atoms with E-state index < -0.39 is 30.1 Å². The van der Waals surface area contributed by atoms with Gasteiger partial charge in [-0.25, -0.2) is 13.2 Å². The molecule has 7 heteroatoms. The molecule has 0 saturated carbocycles. The molecule has 2 N–H and O–H groups in total. The van der Waals surface area contributed by atoms with E-state index in [-0.39, 0.29) is 18.0 Å². The van der Waals surface area contributed by atoms with Crippen molar-refractivity contribution in [3.63, 3.8) is 0 Å². The number of hydrogen-bond acceptors (Lipinski definition) is 3. The number of halogens is 3. The van der Waals surface area contributed by atoms with Crippen LogP contribution in [-0.2, 0) is 4.79 Å². The maximum absolute atomic E-state index is 13.3. The van der Waals surface area contributed by atoms with E-state index in [2.05, 4.69) is 12.2 Å². The molecule has 1 aliphatic rings. The number of rotatable bonds is 5. The van der Waals surface area contributed by atoms with Crippen LogP contribution in [-0.4, -0.2) is 42.2 Å². The summed E-state index contributed by atoms with van der Waals surface area (Å²) in [5.74, 6) is -3.88. The first-order chi connectivity index (χ1) is 10.9. The third-order valence-electron chi connectivity index (χ3n) is 4.10. The summed E-state index contributed by atoms with van der Waals surface area (Å²) < 4.78 is 39.5. The molecule has 0 bridgehead atoms. The van der Waals surface area contributed by atoms with Crippen LogP contribution in [0.25, 0.3) is 0 Å². The van der Waals surface area contributed by atoms with E-state index in [0.29, 0.717) is 19.0 Å². The summed E-state index contributed by atoms with van der Waals surface area (Å²) in [6, 6.07) is 0.796. The van der Waals surface area contributed by atoms with Gasteiger partial charge in [0.15, 0.2) is 17.5 Å². The molecule has 1 fully saturated rings. The number of carbonyl (C=O) groups is 1. The van der Waals surface area contributed by atoms with Gasteiger partial charge in [-0.15, -0.1) is 0 Å². The predicted octanol–water partition coefficient (Wildman–Crippen LogP) is 1.99. The number of benzene rings is 1. The second kappa shape index (κ2) is 7.79. The van der Waals surface area contributed by atoms with Crippen LogP contribution in [0.3, 0.4) is 0 Å². The van der Waals surface area contributed by atoms with Gasteiger partial charge in [-0.3, -0.25) is 10.1 Å². The first-order valence-corrected chi connectivity index (χ1v) is 7.68. The fraction of sp³-hybridized carbons (Fsp3) is 0.562. The van der Waals surface area contributed by atoms with Gasteiger partial charge >= 0.3 is 0 Å². The maximum Gasteiger partial charge on any atom is 0.236 e. The summed E-state index contributed by atoms with van der Waals surface area (Å²) in [5, 5.41) is 12.1. The quantitative estimate of drug-likeness (QED) is 0.812. The average molecular weight is 330 g/mol. The van der Waals surface area contributed by atoms with Crippen molar-refractivity contribution in [1.82, 2.24) is 10.2 Å². The summed E-state index contributed by atoms with van der Waals surface area (Å²) in [6.07, 6.45) is 2.04. The van der Waals surface area contributed by atoms with Crippen molar-refractivity contribution in [2.24, 2.45) is 5.92 Å². The molecule has 23 heavy (non-hydrogen) atoms. The smallest absolute Gasteiger partial charge is 0.236 e. The number of aliphatic hydroxyl groups excluding tert-OH is 1. The molecule has 128 valence electrons. The van der Waals surface area contributed by atoms with E-state index in [1.54, 1.807) is 4.90 Å². The monoisotopic (exact) mass is 330 g/mol. The third-order valence-corrected chi connectivity index (χ3v) is 4.10. The number of nitrogens with one attached hydrogen (secondary N) is 1. The molecule has 1 saturated heterocycles. The Bertz CT molecular complexity index is 545. The highest BCUT2D eigenvalue weighted by Gasteiger charge is 2.22. The van der Waals surface area contributed by atoms with Gasteiger partial charge in [-0.1, -0.05) is 6.92 Å². The van der Waals surface area contributed by atoms with E-state index in [0.717, 1.165) is 25.0 Å². The average Bonchev–Trinajstić information content (AvgIpc) is 2.52. The van der Waals surface area contributed by atoms with Gasteiger partial charge in [0.25, 0.3) is 0 Å². The lowest BCUT2D eigenvalue weighted by molar-refractivity contribution is -0.132. The van der Waals surface area contributed by atoms with Crippen LogP contribution in [0.15, 0.2) is 12.1 Å². The van der Waals surface area contributed by atoms with Crippen LogP contribution < -0.4 is 5.32 Å². The van der Waals surface area contributed by atoms with Crippen LogP contribution >= 0.6 is 0 Å². The Kier molecular flexibility index (Phi) is 6.01. The SMILES string of the molecule is C[C@H]1CCCN(C(=O)CN[C@@H](CO)c2cc(F)c(F)c(F)c2)C1. The third kappa shape index (κ3) is 4.45. The fourth-order valence-corrected chi connectivity index (χ4v) is 2.80. The van der Waals surface area contributed by atoms with Crippen molar-refractivity contribution in [3.05, 3.63) is 35.1 Å². The zero-order valence-electron chi connectivity index (χ0n) is 13.0. The Morgan fingerprint density at radius 2 is 2.04 bits per heavy atom. The van der Waals surface area contributed by atoms with Crippen molar-refractivity contribution in [3.8, 4) is 0 Å². The molecule has 1 aliphatic heterocycles. The highest BCUT2D eigenvalue weighted by Crippen LogP contribution is 2.20. The zero-order chi connectivity index (χ0) is 17.0. The Balaban J connectivity index is 1.98. The molecule has 1 heterocycles. The minimum atomic E-state index is -1.55. The molecular weight excluding hydrogens is 309 g/mol. The normalized spacial score (nSPS) is 19.7. The summed E-state index contributed by atoms with van der Waals surface area (Å²) in [4.78, 5) is 13.9. The largest absolute Gasteiger partial charge is 0.394 e. The molecule has 0 unspecified atom stereocenters. The molecular formula is C16H21F3N2O2. The molecule has 2 atom stereocenters. The Morgan fingerprint density at radius 1 is 1.39 bits per heavy atom. The first-order valence-electron chi connectivity index (χ1n) is 7.68. The fourth-order valence-electron chi connectivity index (χ4n) is 2.80. The van der Waals surface area contributed by atoms with Crippen molar-refractivity contribution in [2.75, 3.05) is 26.2 Å². The second-order valence-electron chi connectivity index (χ2n) is 6.00. The number of piperidine rings is 1. The van der Waals surface area contributed by atoms with E-state index in [1.165, 1.54) is 0 Å². The predicted molar refractivity (Wildman–Crippen MR) is 79.1 cm³/mol. The molecule has 0 aliphatic carbocycles. The zero-order valence-corrected chi connectivity index (χ0v) is 13.0. The first kappa shape index (κ1) is 17.7. The van der Waals surface area contributed by atoms with Crippen molar-refractivity contribution >= 4 is 5.91 Å². The van der Waals surface area contributed by atoms with Crippen molar-refractivity contribution < 1.29 is 23.1 Å². The van der Waals surface area contributed by atoms with Gasteiger partial charge < -0.3 is 10.0 Å². The van der Waals surface area contributed by atoms with Gasteiger partial charge in [0.05, 0.1) is 19.2 Å². The molecule has 0 spiro atoms. The van der Waals surface area contributed by atoms with Crippen LogP contribution in [0, 0.1) is 23.4 Å². The lowest BCUT2D eigenvalue weighted by Crippen LogP contribution is -2.44. The van der Waals surface area contributed by atoms with E-state index in [4.69, 9.17) is 0 Å². The number of aliphatic hydroxyl groups is 1.